The first-order valence-electron chi connectivity index (χ1n) is 8.53. The average Bonchev–Trinajstić information content (AvgIpc) is 3.09. The molecule has 0 aliphatic heterocycles. The molecule has 0 unspecified atom stereocenters. The molecule has 3 rings (SSSR count). The molecule has 3 aromatic rings. The summed E-state index contributed by atoms with van der Waals surface area (Å²) in [6, 6.07) is 5.12. The number of nitrogens with zero attached hydrogens (tertiary/aromatic N) is 4. The standard InChI is InChI=1S/C19H20N4O3S/c1-5-23(13(4)24)19-22-15(10-27-19)9-26-18(25)14-6-7-16-17(8-14)21-12(3)11(2)20-16/h6-8,10H,5,9H2,1-4H3. The molecule has 7 nitrogen and oxygen atoms in total. The molecule has 0 fully saturated rings. The molecule has 0 N–H and O–H groups in total. The van der Waals surface area contributed by atoms with Crippen LogP contribution < -0.4 is 4.90 Å². The lowest BCUT2D eigenvalue weighted by molar-refractivity contribution is -0.116. The quantitative estimate of drug-likeness (QED) is 0.627. The molecule has 0 bridgehead atoms. The fourth-order valence-electron chi connectivity index (χ4n) is 2.56. The van der Waals surface area contributed by atoms with Gasteiger partial charge >= 0.3 is 5.97 Å². The van der Waals surface area contributed by atoms with Crippen LogP contribution in [0.15, 0.2) is 23.6 Å². The molecule has 0 atom stereocenters. The van der Waals surface area contributed by atoms with Gasteiger partial charge in [0.25, 0.3) is 0 Å². The van der Waals surface area contributed by atoms with Crippen molar-refractivity contribution in [1.29, 1.82) is 0 Å². The molecule has 0 radical (unpaired) electrons. The molecule has 0 aliphatic carbocycles. The number of thiazole rings is 1. The minimum atomic E-state index is -0.453. The predicted octanol–water partition coefficient (Wildman–Crippen LogP) is 3.43. The molecule has 1 amide bonds. The van der Waals surface area contributed by atoms with Gasteiger partial charge in [-0.3, -0.25) is 9.69 Å². The van der Waals surface area contributed by atoms with Gasteiger partial charge < -0.3 is 4.74 Å². The third-order valence-corrected chi connectivity index (χ3v) is 5.04. The number of aromatic nitrogens is 3. The van der Waals surface area contributed by atoms with Crippen LogP contribution in [0.5, 0.6) is 0 Å². The van der Waals surface area contributed by atoms with Crippen molar-refractivity contribution in [3.05, 3.63) is 46.2 Å². The number of ether oxygens (including phenoxy) is 1. The van der Waals surface area contributed by atoms with Crippen LogP contribution >= 0.6 is 11.3 Å². The molecular weight excluding hydrogens is 364 g/mol. The second-order valence-electron chi connectivity index (χ2n) is 6.06. The SMILES string of the molecule is CCN(C(C)=O)c1nc(COC(=O)c2ccc3nc(C)c(C)nc3c2)cs1. The van der Waals surface area contributed by atoms with Crippen molar-refractivity contribution in [2.75, 3.05) is 11.4 Å². The van der Waals surface area contributed by atoms with Gasteiger partial charge in [0.2, 0.25) is 5.91 Å². The van der Waals surface area contributed by atoms with Crippen molar-refractivity contribution in [3.8, 4) is 0 Å². The Morgan fingerprint density at radius 1 is 1.11 bits per heavy atom. The van der Waals surface area contributed by atoms with Gasteiger partial charge in [0, 0.05) is 18.8 Å². The fraction of sp³-hybridized carbons (Fsp3) is 0.316. The zero-order chi connectivity index (χ0) is 19.6. The number of amides is 1. The van der Waals surface area contributed by atoms with E-state index in [1.54, 1.807) is 28.5 Å². The van der Waals surface area contributed by atoms with Crippen molar-refractivity contribution in [2.45, 2.75) is 34.3 Å². The molecule has 2 aromatic heterocycles. The number of benzene rings is 1. The smallest absolute Gasteiger partial charge is 0.338 e. The van der Waals surface area contributed by atoms with Gasteiger partial charge in [-0.1, -0.05) is 0 Å². The molecule has 0 saturated carbocycles. The number of hydrogen-bond donors (Lipinski definition) is 0. The van der Waals surface area contributed by atoms with E-state index in [0.717, 1.165) is 16.9 Å². The number of aryl methyl sites for hydroxylation is 2. The zero-order valence-electron chi connectivity index (χ0n) is 15.6. The maximum atomic E-state index is 12.4. The Morgan fingerprint density at radius 3 is 2.48 bits per heavy atom. The van der Waals surface area contributed by atoms with Gasteiger partial charge in [-0.05, 0) is 39.0 Å². The van der Waals surface area contributed by atoms with Crippen LogP contribution in [0.4, 0.5) is 5.13 Å². The lowest BCUT2D eigenvalue weighted by Crippen LogP contribution is -2.27. The summed E-state index contributed by atoms with van der Waals surface area (Å²) in [6.07, 6.45) is 0. The van der Waals surface area contributed by atoms with Crippen molar-refractivity contribution < 1.29 is 14.3 Å². The molecule has 27 heavy (non-hydrogen) atoms. The highest BCUT2D eigenvalue weighted by Gasteiger charge is 2.15. The Bertz CT molecular complexity index is 1020. The summed E-state index contributed by atoms with van der Waals surface area (Å²) in [5.74, 6) is -0.524. The van der Waals surface area contributed by atoms with Crippen molar-refractivity contribution in [3.63, 3.8) is 0 Å². The first kappa shape index (κ1) is 18.9. The molecule has 140 valence electrons. The lowest BCUT2D eigenvalue weighted by atomic mass is 10.2. The minimum Gasteiger partial charge on any atom is -0.456 e. The van der Waals surface area contributed by atoms with Crippen molar-refractivity contribution >= 4 is 39.4 Å². The Morgan fingerprint density at radius 2 is 1.81 bits per heavy atom. The Labute approximate surface area is 161 Å². The van der Waals surface area contributed by atoms with Crippen molar-refractivity contribution in [2.24, 2.45) is 0 Å². The minimum absolute atomic E-state index is 0.0431. The van der Waals surface area contributed by atoms with E-state index in [2.05, 4.69) is 15.0 Å². The Kier molecular flexibility index (Phi) is 5.46. The zero-order valence-corrected chi connectivity index (χ0v) is 16.5. The van der Waals surface area contributed by atoms with Crippen LogP contribution in [0.2, 0.25) is 0 Å². The number of esters is 1. The van der Waals surface area contributed by atoms with E-state index < -0.39 is 5.97 Å². The maximum Gasteiger partial charge on any atom is 0.338 e. The first-order chi connectivity index (χ1) is 12.9. The maximum absolute atomic E-state index is 12.4. The van der Waals surface area contributed by atoms with E-state index in [9.17, 15) is 9.59 Å². The molecule has 0 spiro atoms. The lowest BCUT2D eigenvalue weighted by Gasteiger charge is -2.14. The molecule has 0 aliphatic rings. The van der Waals surface area contributed by atoms with Crippen LogP contribution in [0.3, 0.4) is 0 Å². The van der Waals surface area contributed by atoms with Crippen LogP contribution in [0.1, 0.15) is 41.3 Å². The summed E-state index contributed by atoms with van der Waals surface area (Å²) in [7, 11) is 0. The fourth-order valence-corrected chi connectivity index (χ4v) is 3.48. The first-order valence-corrected chi connectivity index (χ1v) is 9.41. The van der Waals surface area contributed by atoms with Gasteiger partial charge in [0.15, 0.2) is 5.13 Å². The average molecular weight is 384 g/mol. The monoisotopic (exact) mass is 384 g/mol. The number of anilines is 1. The second-order valence-corrected chi connectivity index (χ2v) is 6.90. The molecule has 0 saturated heterocycles. The number of carbonyl (C=O) groups excluding carboxylic acids is 2. The summed E-state index contributed by atoms with van der Waals surface area (Å²) >= 11 is 1.35. The van der Waals surface area contributed by atoms with E-state index in [1.165, 1.54) is 18.3 Å². The molecule has 1 aromatic carbocycles. The molecule has 8 heteroatoms. The van der Waals surface area contributed by atoms with Crippen LogP contribution in [0, 0.1) is 13.8 Å². The summed E-state index contributed by atoms with van der Waals surface area (Å²) < 4.78 is 5.36. The summed E-state index contributed by atoms with van der Waals surface area (Å²) in [4.78, 5) is 38.8. The highest BCUT2D eigenvalue weighted by Crippen LogP contribution is 2.21. The number of carbonyl (C=O) groups is 2. The van der Waals surface area contributed by atoms with Gasteiger partial charge in [-0.2, -0.15) is 0 Å². The third-order valence-electron chi connectivity index (χ3n) is 4.13. The Hall–Kier alpha value is -2.87. The van der Waals surface area contributed by atoms with E-state index in [-0.39, 0.29) is 12.5 Å². The number of rotatable bonds is 5. The van der Waals surface area contributed by atoms with E-state index in [4.69, 9.17) is 4.74 Å². The van der Waals surface area contributed by atoms with E-state index in [0.29, 0.717) is 28.5 Å². The third kappa shape index (κ3) is 4.11. The number of fused-ring (bicyclic) bond motifs is 1. The predicted molar refractivity (Wildman–Crippen MR) is 104 cm³/mol. The van der Waals surface area contributed by atoms with Crippen LogP contribution in [0.25, 0.3) is 11.0 Å². The summed E-state index contributed by atoms with van der Waals surface area (Å²) in [5, 5.41) is 2.38. The van der Waals surface area contributed by atoms with E-state index in [1.807, 2.05) is 20.8 Å². The van der Waals surface area contributed by atoms with Crippen molar-refractivity contribution in [1.82, 2.24) is 15.0 Å². The molecular formula is C19H20N4O3S. The number of hydrogen-bond acceptors (Lipinski definition) is 7. The highest BCUT2D eigenvalue weighted by atomic mass is 32.1. The van der Waals surface area contributed by atoms with Crippen LogP contribution in [-0.4, -0.2) is 33.4 Å². The summed E-state index contributed by atoms with van der Waals surface area (Å²) in [5.41, 5.74) is 4.11. The Balaban J connectivity index is 1.71. The van der Waals surface area contributed by atoms with Gasteiger partial charge in [-0.15, -0.1) is 11.3 Å². The van der Waals surface area contributed by atoms with Gasteiger partial charge in [0.05, 0.1) is 33.7 Å². The topological polar surface area (TPSA) is 85.3 Å². The van der Waals surface area contributed by atoms with Gasteiger partial charge in [0.1, 0.15) is 6.61 Å². The van der Waals surface area contributed by atoms with Crippen LogP contribution in [-0.2, 0) is 16.1 Å². The van der Waals surface area contributed by atoms with E-state index >= 15 is 0 Å². The largest absolute Gasteiger partial charge is 0.456 e. The highest BCUT2D eigenvalue weighted by molar-refractivity contribution is 7.14. The van der Waals surface area contributed by atoms with Gasteiger partial charge in [-0.25, -0.2) is 19.7 Å². The molecule has 2 heterocycles. The summed E-state index contributed by atoms with van der Waals surface area (Å²) in [6.45, 7) is 7.75. The second kappa shape index (κ2) is 7.79. The normalized spacial score (nSPS) is 10.8.